The van der Waals surface area contributed by atoms with Crippen LogP contribution in [0.25, 0.3) is 0 Å². The lowest BCUT2D eigenvalue weighted by molar-refractivity contribution is 0.0953. The van der Waals surface area contributed by atoms with E-state index in [2.05, 4.69) is 31.3 Å². The lowest BCUT2D eigenvalue weighted by Gasteiger charge is -2.29. The molecule has 6 nitrogen and oxygen atoms in total. The Balaban J connectivity index is 2.24. The number of hydrazone groups is 1. The third-order valence-corrected chi connectivity index (χ3v) is 4.06. The second-order valence-electron chi connectivity index (χ2n) is 6.97. The lowest BCUT2D eigenvalue weighted by Crippen LogP contribution is -2.25. The first-order chi connectivity index (χ1) is 11.8. The van der Waals surface area contributed by atoms with Gasteiger partial charge in [0.25, 0.3) is 5.91 Å². The summed E-state index contributed by atoms with van der Waals surface area (Å²) in [5, 5.41) is 4.29. The highest BCUT2D eigenvalue weighted by Crippen LogP contribution is 2.38. The fraction of sp³-hybridized carbons (Fsp3) is 0.474. The third-order valence-electron chi connectivity index (χ3n) is 4.06. The fourth-order valence-electron chi connectivity index (χ4n) is 3.17. The number of amides is 1. The first-order valence-corrected chi connectivity index (χ1v) is 8.13. The SMILES string of the molecule is COc1cc(C(=O)N/N=C2\C=C(C)CC(C)(C)C2)cc(OC)c1OC. The van der Waals surface area contributed by atoms with Crippen LogP contribution >= 0.6 is 0 Å². The van der Waals surface area contributed by atoms with E-state index in [0.717, 1.165) is 18.6 Å². The van der Waals surface area contributed by atoms with Crippen molar-refractivity contribution in [1.82, 2.24) is 5.43 Å². The summed E-state index contributed by atoms with van der Waals surface area (Å²) in [5.41, 5.74) is 5.28. The standard InChI is InChI=1S/C19H26N2O4/c1-12-7-14(11-19(2,3)10-12)20-21-18(22)13-8-15(23-4)17(25-6)16(9-13)24-5/h7-9H,10-11H2,1-6H3,(H,21,22)/b20-14+. The highest BCUT2D eigenvalue weighted by molar-refractivity contribution is 6.00. The molecule has 0 saturated heterocycles. The van der Waals surface area contributed by atoms with E-state index >= 15 is 0 Å². The zero-order valence-corrected chi connectivity index (χ0v) is 15.7. The number of carbonyl (C=O) groups is 1. The minimum Gasteiger partial charge on any atom is -0.493 e. The Morgan fingerprint density at radius 1 is 1.08 bits per heavy atom. The molecule has 1 N–H and O–H groups in total. The zero-order valence-electron chi connectivity index (χ0n) is 15.7. The summed E-state index contributed by atoms with van der Waals surface area (Å²) in [6, 6.07) is 3.20. The maximum atomic E-state index is 12.5. The third kappa shape index (κ3) is 4.53. The highest BCUT2D eigenvalue weighted by Gasteiger charge is 2.25. The molecule has 136 valence electrons. The normalized spacial score (nSPS) is 17.7. The van der Waals surface area contributed by atoms with Crippen molar-refractivity contribution in [3.05, 3.63) is 29.3 Å². The summed E-state index contributed by atoms with van der Waals surface area (Å²) in [6.45, 7) is 6.47. The first kappa shape index (κ1) is 18.8. The Morgan fingerprint density at radius 2 is 1.68 bits per heavy atom. The van der Waals surface area contributed by atoms with Gasteiger partial charge in [0.1, 0.15) is 0 Å². The van der Waals surface area contributed by atoms with E-state index in [1.54, 1.807) is 12.1 Å². The molecule has 2 rings (SSSR count). The van der Waals surface area contributed by atoms with Crippen LogP contribution in [-0.4, -0.2) is 32.9 Å². The molecule has 1 aliphatic rings. The van der Waals surface area contributed by atoms with Crippen molar-refractivity contribution in [2.24, 2.45) is 10.5 Å². The van der Waals surface area contributed by atoms with E-state index in [1.165, 1.54) is 26.9 Å². The molecule has 1 amide bonds. The van der Waals surface area contributed by atoms with Gasteiger partial charge in [0, 0.05) is 5.56 Å². The van der Waals surface area contributed by atoms with E-state index < -0.39 is 0 Å². The number of allylic oxidation sites excluding steroid dienone is 2. The van der Waals surface area contributed by atoms with Crippen LogP contribution in [0.3, 0.4) is 0 Å². The molecule has 0 spiro atoms. The van der Waals surface area contributed by atoms with Crippen LogP contribution < -0.4 is 19.6 Å². The Morgan fingerprint density at radius 3 is 2.16 bits per heavy atom. The number of nitrogens with zero attached hydrogens (tertiary/aromatic N) is 1. The number of rotatable bonds is 5. The van der Waals surface area contributed by atoms with Gasteiger partial charge in [0.05, 0.1) is 27.0 Å². The van der Waals surface area contributed by atoms with Gasteiger partial charge in [-0.05, 0) is 43.4 Å². The number of hydrogen-bond acceptors (Lipinski definition) is 5. The molecular formula is C19H26N2O4. The van der Waals surface area contributed by atoms with Crippen LogP contribution in [0.1, 0.15) is 44.0 Å². The molecule has 1 aromatic rings. The fourth-order valence-corrected chi connectivity index (χ4v) is 3.17. The molecule has 1 aromatic carbocycles. The number of hydrogen-bond donors (Lipinski definition) is 1. The lowest BCUT2D eigenvalue weighted by atomic mass is 9.77. The van der Waals surface area contributed by atoms with Crippen molar-refractivity contribution in [3.8, 4) is 17.2 Å². The summed E-state index contributed by atoms with van der Waals surface area (Å²) in [4.78, 5) is 12.5. The van der Waals surface area contributed by atoms with Crippen molar-refractivity contribution in [2.45, 2.75) is 33.6 Å². The topological polar surface area (TPSA) is 69.2 Å². The van der Waals surface area contributed by atoms with E-state index in [-0.39, 0.29) is 11.3 Å². The summed E-state index contributed by atoms with van der Waals surface area (Å²) in [5.74, 6) is 0.963. The predicted octanol–water partition coefficient (Wildman–Crippen LogP) is 3.56. The molecule has 0 heterocycles. The molecule has 0 fully saturated rings. The zero-order chi connectivity index (χ0) is 18.6. The molecule has 0 bridgehead atoms. The van der Waals surface area contributed by atoms with Crippen molar-refractivity contribution in [1.29, 1.82) is 0 Å². The molecule has 1 aliphatic carbocycles. The van der Waals surface area contributed by atoms with Crippen molar-refractivity contribution in [2.75, 3.05) is 21.3 Å². The van der Waals surface area contributed by atoms with Crippen LogP contribution in [0.2, 0.25) is 0 Å². The Labute approximate surface area is 148 Å². The summed E-state index contributed by atoms with van der Waals surface area (Å²) >= 11 is 0. The second kappa shape index (κ2) is 7.59. The molecule has 0 unspecified atom stereocenters. The van der Waals surface area contributed by atoms with Crippen LogP contribution in [0.15, 0.2) is 28.9 Å². The molecule has 25 heavy (non-hydrogen) atoms. The maximum absolute atomic E-state index is 12.5. The molecule has 0 atom stereocenters. The van der Waals surface area contributed by atoms with E-state index in [1.807, 2.05) is 6.08 Å². The van der Waals surface area contributed by atoms with Gasteiger partial charge >= 0.3 is 0 Å². The van der Waals surface area contributed by atoms with Gasteiger partial charge < -0.3 is 14.2 Å². The number of ether oxygens (including phenoxy) is 3. The van der Waals surface area contributed by atoms with Gasteiger partial charge in [-0.1, -0.05) is 19.4 Å². The number of benzene rings is 1. The van der Waals surface area contributed by atoms with E-state index in [4.69, 9.17) is 14.2 Å². The van der Waals surface area contributed by atoms with Gasteiger partial charge in [0.2, 0.25) is 5.75 Å². The quantitative estimate of drug-likeness (QED) is 0.828. The largest absolute Gasteiger partial charge is 0.493 e. The first-order valence-electron chi connectivity index (χ1n) is 8.13. The average Bonchev–Trinajstić information content (AvgIpc) is 2.56. The molecule has 0 aliphatic heterocycles. The minimum absolute atomic E-state index is 0.148. The van der Waals surface area contributed by atoms with Gasteiger partial charge in [0.15, 0.2) is 11.5 Å². The maximum Gasteiger partial charge on any atom is 0.271 e. The number of methoxy groups -OCH3 is 3. The van der Waals surface area contributed by atoms with Gasteiger partial charge in [-0.2, -0.15) is 5.10 Å². The molecular weight excluding hydrogens is 320 g/mol. The van der Waals surface area contributed by atoms with Gasteiger partial charge in [-0.25, -0.2) is 5.43 Å². The van der Waals surface area contributed by atoms with Gasteiger partial charge in [-0.3, -0.25) is 4.79 Å². The minimum atomic E-state index is -0.332. The van der Waals surface area contributed by atoms with Crippen molar-refractivity contribution < 1.29 is 19.0 Å². The Kier molecular flexibility index (Phi) is 5.72. The number of carbonyl (C=O) groups excluding carboxylic acids is 1. The molecule has 0 saturated carbocycles. The van der Waals surface area contributed by atoms with Crippen molar-refractivity contribution >= 4 is 11.6 Å². The van der Waals surface area contributed by atoms with Crippen LogP contribution in [0, 0.1) is 5.41 Å². The van der Waals surface area contributed by atoms with E-state index in [9.17, 15) is 4.79 Å². The Bertz CT molecular complexity index is 695. The monoisotopic (exact) mass is 346 g/mol. The van der Waals surface area contributed by atoms with Crippen molar-refractivity contribution in [3.63, 3.8) is 0 Å². The van der Waals surface area contributed by atoms with Crippen LogP contribution in [0.5, 0.6) is 17.2 Å². The summed E-state index contributed by atoms with van der Waals surface area (Å²) in [7, 11) is 4.54. The second-order valence-corrected chi connectivity index (χ2v) is 6.97. The summed E-state index contributed by atoms with van der Waals surface area (Å²) < 4.78 is 15.8. The number of nitrogens with one attached hydrogen (secondary N) is 1. The molecule has 0 aromatic heterocycles. The van der Waals surface area contributed by atoms with Crippen LogP contribution in [0.4, 0.5) is 0 Å². The Hall–Kier alpha value is -2.50. The smallest absolute Gasteiger partial charge is 0.271 e. The average molecular weight is 346 g/mol. The van der Waals surface area contributed by atoms with Crippen LogP contribution in [-0.2, 0) is 0 Å². The molecule has 0 radical (unpaired) electrons. The molecule has 6 heteroatoms. The van der Waals surface area contributed by atoms with E-state index in [0.29, 0.717) is 22.8 Å². The predicted molar refractivity (Wildman–Crippen MR) is 97.8 cm³/mol. The summed E-state index contributed by atoms with van der Waals surface area (Å²) in [6.07, 6.45) is 3.88. The van der Waals surface area contributed by atoms with Gasteiger partial charge in [-0.15, -0.1) is 0 Å². The highest BCUT2D eigenvalue weighted by atomic mass is 16.5.